The number of primary amides is 1. The van der Waals surface area contributed by atoms with Crippen molar-refractivity contribution >= 4 is 17.8 Å². The van der Waals surface area contributed by atoms with Crippen molar-refractivity contribution in [1.82, 2.24) is 10.3 Å². The van der Waals surface area contributed by atoms with Gasteiger partial charge in [-0.15, -0.1) is 0 Å². The van der Waals surface area contributed by atoms with E-state index in [4.69, 9.17) is 10.5 Å². The number of carbonyl (C=O) groups is 2. The number of urea groups is 1. The molecule has 2 aromatic carbocycles. The van der Waals surface area contributed by atoms with E-state index < -0.39 is 23.8 Å². The number of hydrogen-bond donors (Lipinski definition) is 3. The first-order chi connectivity index (χ1) is 16.4. The van der Waals surface area contributed by atoms with Crippen LogP contribution in [-0.4, -0.2) is 23.7 Å². The van der Waals surface area contributed by atoms with E-state index in [1.807, 2.05) is 0 Å². The lowest BCUT2D eigenvalue weighted by atomic mass is 9.92. The van der Waals surface area contributed by atoms with Crippen LogP contribution >= 0.6 is 0 Å². The first kappa shape index (κ1) is 23.2. The third-order valence-corrected chi connectivity index (χ3v) is 5.56. The maximum atomic E-state index is 15.8. The average molecular weight is 466 g/mol. The summed E-state index contributed by atoms with van der Waals surface area (Å²) in [5.41, 5.74) is 7.02. The van der Waals surface area contributed by atoms with Crippen LogP contribution in [0, 0.1) is 17.6 Å². The number of pyridine rings is 1. The molecule has 1 aromatic heterocycles. The van der Waals surface area contributed by atoms with Crippen LogP contribution in [-0.2, 0) is 17.7 Å². The van der Waals surface area contributed by atoms with Gasteiger partial charge < -0.3 is 15.8 Å². The van der Waals surface area contributed by atoms with Crippen molar-refractivity contribution in [3.05, 3.63) is 83.2 Å². The van der Waals surface area contributed by atoms with Crippen molar-refractivity contribution in [2.45, 2.75) is 25.8 Å². The molecule has 3 amide bonds. The highest BCUT2D eigenvalue weighted by Gasteiger charge is 2.24. The second kappa shape index (κ2) is 10.3. The minimum absolute atomic E-state index is 0.0275. The van der Waals surface area contributed by atoms with E-state index in [0.29, 0.717) is 29.3 Å². The van der Waals surface area contributed by atoms with Gasteiger partial charge in [0.25, 0.3) is 0 Å². The molecule has 0 saturated heterocycles. The van der Waals surface area contributed by atoms with E-state index in [0.717, 1.165) is 12.8 Å². The van der Waals surface area contributed by atoms with E-state index in [1.54, 1.807) is 42.6 Å². The molecule has 1 saturated carbocycles. The van der Waals surface area contributed by atoms with Gasteiger partial charge in [-0.1, -0.05) is 30.3 Å². The maximum Gasteiger partial charge on any atom is 0.411 e. The predicted molar refractivity (Wildman–Crippen MR) is 123 cm³/mol. The lowest BCUT2D eigenvalue weighted by molar-refractivity contribution is 0.156. The molecule has 4 N–H and O–H groups in total. The number of aromatic nitrogens is 1. The third-order valence-electron chi connectivity index (χ3n) is 5.56. The monoisotopic (exact) mass is 466 g/mol. The highest BCUT2D eigenvalue weighted by Crippen LogP contribution is 2.34. The standard InChI is InChI=1S/C25H24F2N4O3/c26-20-6-2-1-4-16(20)12-19-17(18-5-3-11-29-22(18)13-30-24(28)32)9-10-21(23(19)27)31-25(33)34-14-15-7-8-15/h1-6,9-11,15H,7-8,12-14H2,(H,31,33)(H3,28,30,32). The lowest BCUT2D eigenvalue weighted by Gasteiger charge is -2.17. The maximum absolute atomic E-state index is 15.8. The summed E-state index contributed by atoms with van der Waals surface area (Å²) in [5, 5.41) is 4.93. The number of carbonyl (C=O) groups excluding carboxylic acids is 2. The van der Waals surface area contributed by atoms with Gasteiger partial charge >= 0.3 is 12.1 Å². The number of benzene rings is 2. The second-order valence-electron chi connectivity index (χ2n) is 8.10. The zero-order valence-corrected chi connectivity index (χ0v) is 18.3. The zero-order chi connectivity index (χ0) is 24.1. The molecule has 0 atom stereocenters. The molecule has 0 bridgehead atoms. The Kier molecular flexibility index (Phi) is 7.01. The molecule has 1 aliphatic rings. The number of nitrogens with zero attached hydrogens (tertiary/aromatic N) is 1. The van der Waals surface area contributed by atoms with Crippen LogP contribution in [0.25, 0.3) is 11.1 Å². The summed E-state index contributed by atoms with van der Waals surface area (Å²) >= 11 is 0. The Morgan fingerprint density at radius 1 is 1.06 bits per heavy atom. The third kappa shape index (κ3) is 5.67. The van der Waals surface area contributed by atoms with E-state index in [9.17, 15) is 14.0 Å². The quantitative estimate of drug-likeness (QED) is 0.446. The van der Waals surface area contributed by atoms with Crippen molar-refractivity contribution < 1.29 is 23.1 Å². The average Bonchev–Trinajstić information content (AvgIpc) is 3.65. The molecule has 0 radical (unpaired) electrons. The Balaban J connectivity index is 1.72. The van der Waals surface area contributed by atoms with Gasteiger partial charge in [0.2, 0.25) is 0 Å². The summed E-state index contributed by atoms with van der Waals surface area (Å²) in [4.78, 5) is 27.6. The fraction of sp³-hybridized carbons (Fsp3) is 0.240. The van der Waals surface area contributed by atoms with Gasteiger partial charge in [0, 0.05) is 23.7 Å². The molecule has 1 heterocycles. The number of hydrogen-bond acceptors (Lipinski definition) is 4. The van der Waals surface area contributed by atoms with E-state index in [2.05, 4.69) is 15.6 Å². The van der Waals surface area contributed by atoms with Crippen LogP contribution in [0.4, 0.5) is 24.1 Å². The first-order valence-electron chi connectivity index (χ1n) is 10.9. The van der Waals surface area contributed by atoms with Gasteiger partial charge in [-0.2, -0.15) is 0 Å². The van der Waals surface area contributed by atoms with Gasteiger partial charge in [-0.25, -0.2) is 18.4 Å². The number of rotatable bonds is 8. The number of ether oxygens (including phenoxy) is 1. The van der Waals surface area contributed by atoms with Crippen LogP contribution in [0.5, 0.6) is 0 Å². The van der Waals surface area contributed by atoms with Crippen LogP contribution in [0.15, 0.2) is 54.7 Å². The molecule has 0 spiro atoms. The largest absolute Gasteiger partial charge is 0.449 e. The Bertz CT molecular complexity index is 1210. The lowest BCUT2D eigenvalue weighted by Crippen LogP contribution is -2.29. The summed E-state index contributed by atoms with van der Waals surface area (Å²) in [6, 6.07) is 11.8. The van der Waals surface area contributed by atoms with Gasteiger partial charge in [0.05, 0.1) is 24.5 Å². The molecular formula is C25H24F2N4O3. The van der Waals surface area contributed by atoms with Gasteiger partial charge in [0.1, 0.15) is 5.82 Å². The predicted octanol–water partition coefficient (Wildman–Crippen LogP) is 4.74. The minimum atomic E-state index is -0.747. The summed E-state index contributed by atoms with van der Waals surface area (Å²) in [5.74, 6) is -0.814. The minimum Gasteiger partial charge on any atom is -0.449 e. The Hall–Kier alpha value is -4.01. The fourth-order valence-electron chi connectivity index (χ4n) is 3.59. The van der Waals surface area contributed by atoms with Crippen LogP contribution < -0.4 is 16.4 Å². The molecule has 7 nitrogen and oxygen atoms in total. The van der Waals surface area contributed by atoms with Crippen molar-refractivity contribution in [3.63, 3.8) is 0 Å². The molecule has 0 aliphatic heterocycles. The van der Waals surface area contributed by atoms with Crippen molar-refractivity contribution in [3.8, 4) is 11.1 Å². The summed E-state index contributed by atoms with van der Waals surface area (Å²) in [6.07, 6.45) is 2.75. The summed E-state index contributed by atoms with van der Waals surface area (Å²) in [6.45, 7) is 0.319. The van der Waals surface area contributed by atoms with Crippen molar-refractivity contribution in [2.24, 2.45) is 11.7 Å². The van der Waals surface area contributed by atoms with Crippen LogP contribution in [0.1, 0.15) is 29.7 Å². The number of nitrogens with two attached hydrogens (primary N) is 1. The molecule has 34 heavy (non-hydrogen) atoms. The molecular weight excluding hydrogens is 442 g/mol. The van der Waals surface area contributed by atoms with E-state index >= 15 is 4.39 Å². The number of halogens is 2. The molecule has 9 heteroatoms. The molecule has 1 fully saturated rings. The summed E-state index contributed by atoms with van der Waals surface area (Å²) in [7, 11) is 0. The van der Waals surface area contributed by atoms with E-state index in [1.165, 1.54) is 12.1 Å². The number of amides is 3. The normalized spacial score (nSPS) is 12.8. The molecule has 3 aromatic rings. The topological polar surface area (TPSA) is 106 Å². The highest BCUT2D eigenvalue weighted by atomic mass is 19.1. The molecule has 4 rings (SSSR count). The molecule has 0 unspecified atom stereocenters. The Morgan fingerprint density at radius 2 is 1.85 bits per heavy atom. The fourth-order valence-corrected chi connectivity index (χ4v) is 3.59. The van der Waals surface area contributed by atoms with Gasteiger partial charge in [-0.05, 0) is 48.1 Å². The smallest absolute Gasteiger partial charge is 0.411 e. The molecule has 176 valence electrons. The van der Waals surface area contributed by atoms with Crippen LogP contribution in [0.3, 0.4) is 0 Å². The first-order valence-corrected chi connectivity index (χ1v) is 10.9. The zero-order valence-electron chi connectivity index (χ0n) is 18.3. The van der Waals surface area contributed by atoms with Gasteiger partial charge in [0.15, 0.2) is 5.82 Å². The number of anilines is 1. The second-order valence-corrected chi connectivity index (χ2v) is 8.10. The van der Waals surface area contributed by atoms with Crippen molar-refractivity contribution in [1.29, 1.82) is 0 Å². The van der Waals surface area contributed by atoms with Crippen molar-refractivity contribution in [2.75, 3.05) is 11.9 Å². The van der Waals surface area contributed by atoms with Gasteiger partial charge in [-0.3, -0.25) is 10.3 Å². The number of nitrogens with one attached hydrogen (secondary N) is 2. The highest BCUT2D eigenvalue weighted by molar-refractivity contribution is 5.86. The SMILES string of the molecule is NC(=O)NCc1ncccc1-c1ccc(NC(=O)OCC2CC2)c(F)c1Cc1ccccc1F. The molecule has 1 aliphatic carbocycles. The Morgan fingerprint density at radius 3 is 2.59 bits per heavy atom. The summed E-state index contributed by atoms with van der Waals surface area (Å²) < 4.78 is 35.3. The van der Waals surface area contributed by atoms with Crippen LogP contribution in [0.2, 0.25) is 0 Å². The van der Waals surface area contributed by atoms with E-state index in [-0.39, 0.29) is 29.8 Å². The Labute approximate surface area is 195 Å².